The highest BCUT2D eigenvalue weighted by Gasteiger charge is 2.16. The lowest BCUT2D eigenvalue weighted by atomic mass is 9.85. The number of amides is 2. The molecule has 0 bridgehead atoms. The lowest BCUT2D eigenvalue weighted by molar-refractivity contribution is 0.0978. The predicted molar refractivity (Wildman–Crippen MR) is 113 cm³/mol. The van der Waals surface area contributed by atoms with Gasteiger partial charge in [0.15, 0.2) is 5.78 Å². The van der Waals surface area contributed by atoms with Crippen molar-refractivity contribution in [1.29, 1.82) is 0 Å². The molecule has 1 aromatic rings. The number of hydrogen-bond acceptors (Lipinski definition) is 2. The average molecular weight is 375 g/mol. The first-order valence-corrected chi connectivity index (χ1v) is 10.3. The summed E-state index contributed by atoms with van der Waals surface area (Å²) in [5, 5.41) is 5.93. The minimum atomic E-state index is -0.0986. The molecule has 27 heavy (non-hydrogen) atoms. The Morgan fingerprint density at radius 3 is 2.22 bits per heavy atom. The standard InChI is InChI=1S/C23H38N2O2/c1-7-11-17(2)24-22(27)25-18(3)12-8-9-15-21(26)19-13-10-14-20(16-19)23(4,5)6/h10,13-14,16-18H,7-9,11-12,15H2,1-6H3,(H2,24,25,27). The van der Waals surface area contributed by atoms with E-state index in [1.165, 1.54) is 5.56 Å². The van der Waals surface area contributed by atoms with Crippen LogP contribution in [0.15, 0.2) is 24.3 Å². The van der Waals surface area contributed by atoms with Crippen molar-refractivity contribution in [3.8, 4) is 0 Å². The van der Waals surface area contributed by atoms with Crippen LogP contribution in [0.1, 0.15) is 96.0 Å². The second-order valence-electron chi connectivity index (χ2n) is 8.71. The summed E-state index contributed by atoms with van der Waals surface area (Å²) in [6, 6.07) is 8.19. The Labute approximate surface area is 165 Å². The molecule has 0 aliphatic rings. The number of Topliss-reactive ketones (excluding diaryl/α,β-unsaturated/α-hetero) is 1. The van der Waals surface area contributed by atoms with Crippen LogP contribution in [0.25, 0.3) is 0 Å². The molecule has 2 N–H and O–H groups in total. The zero-order chi connectivity index (χ0) is 20.4. The summed E-state index contributed by atoms with van der Waals surface area (Å²) in [7, 11) is 0. The monoisotopic (exact) mass is 374 g/mol. The molecule has 0 saturated heterocycles. The number of unbranched alkanes of at least 4 members (excludes halogenated alkanes) is 1. The summed E-state index contributed by atoms with van der Waals surface area (Å²) in [6.07, 6.45) is 5.25. The van der Waals surface area contributed by atoms with E-state index in [4.69, 9.17) is 0 Å². The average Bonchev–Trinajstić information content (AvgIpc) is 2.57. The molecule has 0 aromatic heterocycles. The zero-order valence-electron chi connectivity index (χ0n) is 18.0. The fraction of sp³-hybridized carbons (Fsp3) is 0.652. The van der Waals surface area contributed by atoms with E-state index in [-0.39, 0.29) is 29.3 Å². The van der Waals surface area contributed by atoms with Gasteiger partial charge in [0.1, 0.15) is 0 Å². The van der Waals surface area contributed by atoms with Gasteiger partial charge in [0.25, 0.3) is 0 Å². The summed E-state index contributed by atoms with van der Waals surface area (Å²) in [5.41, 5.74) is 2.04. The molecular weight excluding hydrogens is 336 g/mol. The number of benzene rings is 1. The van der Waals surface area contributed by atoms with Crippen LogP contribution in [-0.4, -0.2) is 23.9 Å². The minimum absolute atomic E-state index is 0.0482. The first-order valence-electron chi connectivity index (χ1n) is 10.3. The van der Waals surface area contributed by atoms with Gasteiger partial charge in [0.2, 0.25) is 0 Å². The van der Waals surface area contributed by atoms with Gasteiger partial charge >= 0.3 is 6.03 Å². The van der Waals surface area contributed by atoms with Crippen LogP contribution in [0, 0.1) is 0 Å². The fourth-order valence-electron chi connectivity index (χ4n) is 3.11. The van der Waals surface area contributed by atoms with Crippen molar-refractivity contribution >= 4 is 11.8 Å². The molecule has 0 heterocycles. The fourth-order valence-corrected chi connectivity index (χ4v) is 3.11. The van der Waals surface area contributed by atoms with Crippen LogP contribution < -0.4 is 10.6 Å². The summed E-state index contributed by atoms with van der Waals surface area (Å²) in [5.74, 6) is 0.202. The third kappa shape index (κ3) is 9.07. The van der Waals surface area contributed by atoms with Crippen LogP contribution in [0.5, 0.6) is 0 Å². The SMILES string of the molecule is CCCC(C)NC(=O)NC(C)CCCCC(=O)c1cccc(C(C)(C)C)c1. The van der Waals surface area contributed by atoms with Crippen LogP contribution in [0.2, 0.25) is 0 Å². The normalized spacial score (nSPS) is 13.7. The van der Waals surface area contributed by atoms with E-state index in [9.17, 15) is 9.59 Å². The second-order valence-corrected chi connectivity index (χ2v) is 8.71. The number of urea groups is 1. The highest BCUT2D eigenvalue weighted by atomic mass is 16.2. The van der Waals surface area contributed by atoms with Crippen molar-refractivity contribution in [2.75, 3.05) is 0 Å². The maximum atomic E-state index is 12.4. The van der Waals surface area contributed by atoms with Crippen molar-refractivity contribution < 1.29 is 9.59 Å². The van der Waals surface area contributed by atoms with E-state index in [2.05, 4.69) is 44.4 Å². The minimum Gasteiger partial charge on any atom is -0.336 e. The Kier molecular flexibility index (Phi) is 9.54. The summed E-state index contributed by atoms with van der Waals surface area (Å²) < 4.78 is 0. The maximum absolute atomic E-state index is 12.4. The largest absolute Gasteiger partial charge is 0.336 e. The molecule has 1 rings (SSSR count). The number of hydrogen-bond donors (Lipinski definition) is 2. The Bertz CT molecular complexity index is 605. The molecule has 4 heteroatoms. The predicted octanol–water partition coefficient (Wildman–Crippen LogP) is 5.60. The first-order chi connectivity index (χ1) is 12.6. The molecule has 4 nitrogen and oxygen atoms in total. The molecule has 0 spiro atoms. The first kappa shape index (κ1) is 23.2. The molecule has 0 aliphatic carbocycles. The number of carbonyl (C=O) groups excluding carboxylic acids is 2. The smallest absolute Gasteiger partial charge is 0.315 e. The third-order valence-electron chi connectivity index (χ3n) is 4.82. The zero-order valence-corrected chi connectivity index (χ0v) is 18.0. The molecule has 2 amide bonds. The second kappa shape index (κ2) is 11.1. The molecule has 152 valence electrons. The summed E-state index contributed by atoms with van der Waals surface area (Å²) in [6.45, 7) is 12.6. The van der Waals surface area contributed by atoms with Crippen molar-refractivity contribution in [1.82, 2.24) is 10.6 Å². The molecular formula is C23H38N2O2. The molecule has 2 unspecified atom stereocenters. The van der Waals surface area contributed by atoms with Crippen molar-refractivity contribution in [3.05, 3.63) is 35.4 Å². The summed E-state index contributed by atoms with van der Waals surface area (Å²) in [4.78, 5) is 24.4. The quantitative estimate of drug-likeness (QED) is 0.413. The van der Waals surface area contributed by atoms with E-state index in [1.807, 2.05) is 32.0 Å². The van der Waals surface area contributed by atoms with Gasteiger partial charge in [-0.1, -0.05) is 58.7 Å². The third-order valence-corrected chi connectivity index (χ3v) is 4.82. The number of rotatable bonds is 10. The van der Waals surface area contributed by atoms with Gasteiger partial charge in [0, 0.05) is 24.1 Å². The highest BCUT2D eigenvalue weighted by Crippen LogP contribution is 2.23. The van der Waals surface area contributed by atoms with Crippen LogP contribution in [0.3, 0.4) is 0 Å². The molecule has 1 aromatic carbocycles. The number of ketones is 1. The Balaban J connectivity index is 2.33. The van der Waals surface area contributed by atoms with E-state index >= 15 is 0 Å². The molecule has 0 aliphatic heterocycles. The van der Waals surface area contributed by atoms with E-state index in [0.717, 1.165) is 37.7 Å². The number of nitrogens with one attached hydrogen (secondary N) is 2. The van der Waals surface area contributed by atoms with Gasteiger partial charge in [-0.2, -0.15) is 0 Å². The lowest BCUT2D eigenvalue weighted by Gasteiger charge is -2.19. The number of carbonyl (C=O) groups is 2. The van der Waals surface area contributed by atoms with Crippen molar-refractivity contribution in [3.63, 3.8) is 0 Å². The highest BCUT2D eigenvalue weighted by molar-refractivity contribution is 5.96. The molecule has 2 atom stereocenters. The van der Waals surface area contributed by atoms with Gasteiger partial charge in [-0.05, 0) is 50.2 Å². The van der Waals surface area contributed by atoms with Gasteiger partial charge < -0.3 is 10.6 Å². The van der Waals surface area contributed by atoms with E-state index in [0.29, 0.717) is 6.42 Å². The van der Waals surface area contributed by atoms with Gasteiger partial charge in [-0.3, -0.25) is 4.79 Å². The van der Waals surface area contributed by atoms with Gasteiger partial charge in [-0.15, -0.1) is 0 Å². The Morgan fingerprint density at radius 2 is 1.63 bits per heavy atom. The Hall–Kier alpha value is -1.84. The van der Waals surface area contributed by atoms with Gasteiger partial charge in [-0.25, -0.2) is 4.79 Å². The topological polar surface area (TPSA) is 58.2 Å². The summed E-state index contributed by atoms with van der Waals surface area (Å²) >= 11 is 0. The van der Waals surface area contributed by atoms with Crippen LogP contribution in [0.4, 0.5) is 4.79 Å². The molecule has 0 radical (unpaired) electrons. The van der Waals surface area contributed by atoms with Crippen molar-refractivity contribution in [2.45, 2.75) is 97.6 Å². The van der Waals surface area contributed by atoms with Crippen LogP contribution >= 0.6 is 0 Å². The molecule has 0 saturated carbocycles. The van der Waals surface area contributed by atoms with Crippen LogP contribution in [-0.2, 0) is 5.41 Å². The maximum Gasteiger partial charge on any atom is 0.315 e. The lowest BCUT2D eigenvalue weighted by Crippen LogP contribution is -2.44. The van der Waals surface area contributed by atoms with Gasteiger partial charge in [0.05, 0.1) is 0 Å². The molecule has 0 fully saturated rings. The van der Waals surface area contributed by atoms with E-state index < -0.39 is 0 Å². The van der Waals surface area contributed by atoms with E-state index in [1.54, 1.807) is 0 Å². The Morgan fingerprint density at radius 1 is 1.00 bits per heavy atom. The van der Waals surface area contributed by atoms with Crippen molar-refractivity contribution in [2.24, 2.45) is 0 Å².